The summed E-state index contributed by atoms with van der Waals surface area (Å²) in [5.74, 6) is -0.290. The Morgan fingerprint density at radius 3 is 2.48 bits per heavy atom. The van der Waals surface area contributed by atoms with Crippen molar-refractivity contribution in [2.45, 2.75) is 13.8 Å². The second-order valence-electron chi connectivity index (χ2n) is 5.15. The molecule has 2 aromatic carbocycles. The third-order valence-electron chi connectivity index (χ3n) is 3.16. The molecule has 0 heterocycles. The van der Waals surface area contributed by atoms with Crippen LogP contribution >= 0.6 is 23.8 Å². The standard InChI is InChI=1S/C18H17ClN2OS/c1-12-3-9-16(13(2)11-12)20-18(23)21-17(22)10-6-14-4-7-15(19)8-5-14/h3-11H,1-2H3,(H2,20,21,22,23). The summed E-state index contributed by atoms with van der Waals surface area (Å²) < 4.78 is 0. The Labute approximate surface area is 146 Å². The van der Waals surface area contributed by atoms with Crippen LogP contribution in [0.4, 0.5) is 5.69 Å². The van der Waals surface area contributed by atoms with E-state index in [2.05, 4.69) is 10.6 Å². The molecule has 0 spiro atoms. The van der Waals surface area contributed by atoms with Crippen LogP contribution in [0.1, 0.15) is 16.7 Å². The minimum atomic E-state index is -0.290. The van der Waals surface area contributed by atoms with Gasteiger partial charge in [0, 0.05) is 16.8 Å². The first-order valence-electron chi connectivity index (χ1n) is 7.07. The van der Waals surface area contributed by atoms with E-state index in [-0.39, 0.29) is 11.0 Å². The summed E-state index contributed by atoms with van der Waals surface area (Å²) in [7, 11) is 0. The lowest BCUT2D eigenvalue weighted by molar-refractivity contribution is -0.115. The van der Waals surface area contributed by atoms with Gasteiger partial charge in [-0.2, -0.15) is 0 Å². The van der Waals surface area contributed by atoms with Crippen LogP contribution in [0, 0.1) is 13.8 Å². The number of hydrogen-bond acceptors (Lipinski definition) is 2. The van der Waals surface area contributed by atoms with Gasteiger partial charge in [-0.3, -0.25) is 10.1 Å². The van der Waals surface area contributed by atoms with Crippen molar-refractivity contribution in [3.05, 3.63) is 70.3 Å². The van der Waals surface area contributed by atoms with Crippen LogP contribution in [0.3, 0.4) is 0 Å². The molecule has 0 fully saturated rings. The first-order chi connectivity index (χ1) is 10.9. The molecule has 0 aliphatic carbocycles. The summed E-state index contributed by atoms with van der Waals surface area (Å²) in [6, 6.07) is 13.2. The lowest BCUT2D eigenvalue weighted by atomic mass is 10.1. The number of amides is 1. The molecule has 3 nitrogen and oxygen atoms in total. The van der Waals surface area contributed by atoms with Crippen LogP contribution in [-0.4, -0.2) is 11.0 Å². The summed E-state index contributed by atoms with van der Waals surface area (Å²) >= 11 is 11.0. The molecule has 2 rings (SSSR count). The molecular weight excluding hydrogens is 328 g/mol. The molecule has 23 heavy (non-hydrogen) atoms. The molecule has 2 N–H and O–H groups in total. The van der Waals surface area contributed by atoms with Gasteiger partial charge in [0.05, 0.1) is 0 Å². The van der Waals surface area contributed by atoms with Crippen LogP contribution in [0.5, 0.6) is 0 Å². The zero-order valence-corrected chi connectivity index (χ0v) is 14.5. The summed E-state index contributed by atoms with van der Waals surface area (Å²) in [4.78, 5) is 11.9. The fourth-order valence-electron chi connectivity index (χ4n) is 2.01. The fraction of sp³-hybridized carbons (Fsp3) is 0.111. The average Bonchev–Trinajstić information content (AvgIpc) is 2.49. The monoisotopic (exact) mass is 344 g/mol. The smallest absolute Gasteiger partial charge is 0.250 e. The number of halogens is 1. The van der Waals surface area contributed by atoms with Gasteiger partial charge in [0.2, 0.25) is 5.91 Å². The Kier molecular flexibility index (Phi) is 5.90. The number of hydrogen-bond donors (Lipinski definition) is 2. The SMILES string of the molecule is Cc1ccc(NC(=S)NC(=O)C=Cc2ccc(Cl)cc2)c(C)c1. The predicted octanol–water partition coefficient (Wildman–Crippen LogP) is 4.48. The highest BCUT2D eigenvalue weighted by atomic mass is 35.5. The van der Waals surface area contributed by atoms with Gasteiger partial charge in [0.1, 0.15) is 0 Å². The van der Waals surface area contributed by atoms with E-state index in [1.165, 1.54) is 11.6 Å². The van der Waals surface area contributed by atoms with E-state index in [0.717, 1.165) is 16.8 Å². The van der Waals surface area contributed by atoms with Crippen molar-refractivity contribution in [1.82, 2.24) is 5.32 Å². The van der Waals surface area contributed by atoms with Gasteiger partial charge in [-0.1, -0.05) is 41.4 Å². The van der Waals surface area contributed by atoms with Gasteiger partial charge in [-0.25, -0.2) is 0 Å². The Balaban J connectivity index is 1.91. The van der Waals surface area contributed by atoms with Gasteiger partial charge in [-0.05, 0) is 61.5 Å². The number of rotatable bonds is 3. The van der Waals surface area contributed by atoms with Crippen molar-refractivity contribution < 1.29 is 4.79 Å². The van der Waals surface area contributed by atoms with E-state index in [9.17, 15) is 4.79 Å². The molecule has 0 saturated carbocycles. The average molecular weight is 345 g/mol. The first-order valence-corrected chi connectivity index (χ1v) is 7.85. The summed E-state index contributed by atoms with van der Waals surface area (Å²) in [6.07, 6.45) is 3.13. The van der Waals surface area contributed by atoms with E-state index in [0.29, 0.717) is 5.02 Å². The third kappa shape index (κ3) is 5.51. The largest absolute Gasteiger partial charge is 0.332 e. The van der Waals surface area contributed by atoms with Crippen molar-refractivity contribution >= 4 is 46.6 Å². The highest BCUT2D eigenvalue weighted by molar-refractivity contribution is 7.80. The second-order valence-corrected chi connectivity index (χ2v) is 5.99. The molecule has 0 aliphatic rings. The van der Waals surface area contributed by atoms with Crippen LogP contribution < -0.4 is 10.6 Å². The summed E-state index contributed by atoms with van der Waals surface area (Å²) in [5.41, 5.74) is 4.01. The lowest BCUT2D eigenvalue weighted by Gasteiger charge is -2.11. The predicted molar refractivity (Wildman–Crippen MR) is 101 cm³/mol. The number of benzene rings is 2. The van der Waals surface area contributed by atoms with Gasteiger partial charge in [-0.15, -0.1) is 0 Å². The number of carbonyl (C=O) groups excluding carboxylic acids is 1. The minimum Gasteiger partial charge on any atom is -0.332 e. The third-order valence-corrected chi connectivity index (χ3v) is 3.62. The molecule has 0 aliphatic heterocycles. The maximum atomic E-state index is 11.9. The van der Waals surface area contributed by atoms with E-state index >= 15 is 0 Å². The van der Waals surface area contributed by atoms with Gasteiger partial charge < -0.3 is 5.32 Å². The van der Waals surface area contributed by atoms with Gasteiger partial charge in [0.15, 0.2) is 5.11 Å². The quantitative estimate of drug-likeness (QED) is 0.637. The van der Waals surface area contributed by atoms with Crippen molar-refractivity contribution in [3.63, 3.8) is 0 Å². The van der Waals surface area contributed by atoms with Crippen LogP contribution in [-0.2, 0) is 4.79 Å². The molecule has 0 bridgehead atoms. The van der Waals surface area contributed by atoms with Crippen LogP contribution in [0.2, 0.25) is 5.02 Å². The maximum Gasteiger partial charge on any atom is 0.250 e. The Morgan fingerprint density at radius 1 is 1.13 bits per heavy atom. The summed E-state index contributed by atoms with van der Waals surface area (Å²) in [5, 5.41) is 6.57. The van der Waals surface area contributed by atoms with Crippen molar-refractivity contribution in [1.29, 1.82) is 0 Å². The second kappa shape index (κ2) is 7.90. The Hall–Kier alpha value is -2.17. The number of thiocarbonyl (C=S) groups is 1. The van der Waals surface area contributed by atoms with E-state index < -0.39 is 0 Å². The van der Waals surface area contributed by atoms with Crippen molar-refractivity contribution in [2.75, 3.05) is 5.32 Å². The highest BCUT2D eigenvalue weighted by Gasteiger charge is 2.04. The normalized spacial score (nSPS) is 10.6. The Bertz CT molecular complexity index is 754. The number of anilines is 1. The van der Waals surface area contributed by atoms with Crippen molar-refractivity contribution in [2.24, 2.45) is 0 Å². The van der Waals surface area contributed by atoms with E-state index in [1.807, 2.05) is 44.2 Å². The first kappa shape index (κ1) is 17.2. The van der Waals surface area contributed by atoms with Gasteiger partial charge >= 0.3 is 0 Å². The van der Waals surface area contributed by atoms with Gasteiger partial charge in [0.25, 0.3) is 0 Å². The maximum absolute atomic E-state index is 11.9. The lowest BCUT2D eigenvalue weighted by Crippen LogP contribution is -2.33. The molecule has 118 valence electrons. The molecule has 1 amide bonds. The zero-order valence-electron chi connectivity index (χ0n) is 12.9. The molecule has 0 radical (unpaired) electrons. The topological polar surface area (TPSA) is 41.1 Å². The molecular formula is C18H17ClN2OS. The summed E-state index contributed by atoms with van der Waals surface area (Å²) in [6.45, 7) is 4.01. The number of aryl methyl sites for hydroxylation is 2. The van der Waals surface area contributed by atoms with Crippen molar-refractivity contribution in [3.8, 4) is 0 Å². The highest BCUT2D eigenvalue weighted by Crippen LogP contribution is 2.15. The zero-order chi connectivity index (χ0) is 16.8. The molecule has 0 saturated heterocycles. The van der Waals surface area contributed by atoms with Crippen LogP contribution in [0.25, 0.3) is 6.08 Å². The Morgan fingerprint density at radius 2 is 1.83 bits per heavy atom. The number of carbonyl (C=O) groups is 1. The number of nitrogens with one attached hydrogen (secondary N) is 2. The molecule has 0 aromatic heterocycles. The molecule has 5 heteroatoms. The molecule has 2 aromatic rings. The minimum absolute atomic E-state index is 0.266. The molecule has 0 unspecified atom stereocenters. The fourth-order valence-corrected chi connectivity index (χ4v) is 2.34. The van der Waals surface area contributed by atoms with Crippen LogP contribution in [0.15, 0.2) is 48.5 Å². The molecule has 0 atom stereocenters. The van der Waals surface area contributed by atoms with E-state index in [1.54, 1.807) is 18.2 Å². The van der Waals surface area contributed by atoms with E-state index in [4.69, 9.17) is 23.8 Å².